The molecule has 0 aliphatic carbocycles. The highest BCUT2D eigenvalue weighted by Crippen LogP contribution is 2.15. The first-order valence-electron chi connectivity index (χ1n) is 6.46. The lowest BCUT2D eigenvalue weighted by Gasteiger charge is -2.22. The molecule has 2 rings (SSSR count). The number of hydrogen-bond acceptors (Lipinski definition) is 1. The molecular formula is C16H14BrF2NO. The third-order valence-electron chi connectivity index (χ3n) is 3.02. The number of halogens is 3. The Morgan fingerprint density at radius 1 is 1.10 bits per heavy atom. The molecule has 2 aromatic rings. The highest BCUT2D eigenvalue weighted by atomic mass is 79.9. The van der Waals surface area contributed by atoms with Gasteiger partial charge in [0.05, 0.1) is 5.56 Å². The van der Waals surface area contributed by atoms with Crippen LogP contribution < -0.4 is 0 Å². The summed E-state index contributed by atoms with van der Waals surface area (Å²) < 4.78 is 26.7. The second-order valence-corrected chi connectivity index (χ2v) is 5.32. The molecule has 0 radical (unpaired) electrons. The molecule has 5 heteroatoms. The number of hydrogen-bond donors (Lipinski definition) is 0. The van der Waals surface area contributed by atoms with Crippen LogP contribution in [0.15, 0.2) is 48.5 Å². The molecule has 21 heavy (non-hydrogen) atoms. The number of alkyl halides is 1. The Labute approximate surface area is 130 Å². The average Bonchev–Trinajstić information content (AvgIpc) is 2.47. The molecular weight excluding hydrogens is 340 g/mol. The van der Waals surface area contributed by atoms with Crippen LogP contribution >= 0.6 is 15.9 Å². The lowest BCUT2D eigenvalue weighted by molar-refractivity contribution is 0.0750. The van der Waals surface area contributed by atoms with Crippen LogP contribution in [-0.4, -0.2) is 22.7 Å². The maximum Gasteiger partial charge on any atom is 0.257 e. The van der Waals surface area contributed by atoms with Crippen molar-refractivity contribution >= 4 is 21.8 Å². The van der Waals surface area contributed by atoms with Crippen molar-refractivity contribution in [3.05, 3.63) is 71.3 Å². The molecule has 0 atom stereocenters. The van der Waals surface area contributed by atoms with Gasteiger partial charge in [0.1, 0.15) is 11.6 Å². The number of nitrogens with zero attached hydrogens (tertiary/aromatic N) is 1. The standard InChI is InChI=1S/C16H14BrF2NO/c17-8-9-20(11-12-4-2-1-3-5-12)16(21)14-7-6-13(18)10-15(14)19/h1-7,10H,8-9,11H2. The fourth-order valence-electron chi connectivity index (χ4n) is 1.99. The summed E-state index contributed by atoms with van der Waals surface area (Å²) in [5.41, 5.74) is 0.836. The second kappa shape index (κ2) is 7.31. The van der Waals surface area contributed by atoms with Gasteiger partial charge in [0.2, 0.25) is 0 Å². The van der Waals surface area contributed by atoms with Crippen molar-refractivity contribution in [1.82, 2.24) is 4.90 Å². The first kappa shape index (κ1) is 15.6. The van der Waals surface area contributed by atoms with E-state index in [-0.39, 0.29) is 5.56 Å². The third kappa shape index (κ3) is 4.11. The molecule has 0 bridgehead atoms. The zero-order chi connectivity index (χ0) is 15.2. The van der Waals surface area contributed by atoms with Gasteiger partial charge in [-0.15, -0.1) is 0 Å². The van der Waals surface area contributed by atoms with Gasteiger partial charge in [-0.25, -0.2) is 8.78 Å². The summed E-state index contributed by atoms with van der Waals surface area (Å²) in [6.07, 6.45) is 0. The van der Waals surface area contributed by atoms with Gasteiger partial charge in [0.25, 0.3) is 5.91 Å². The fraction of sp³-hybridized carbons (Fsp3) is 0.188. The predicted molar refractivity (Wildman–Crippen MR) is 81.3 cm³/mol. The molecule has 0 saturated heterocycles. The summed E-state index contributed by atoms with van der Waals surface area (Å²) in [6.45, 7) is 0.812. The summed E-state index contributed by atoms with van der Waals surface area (Å²) in [7, 11) is 0. The van der Waals surface area contributed by atoms with E-state index >= 15 is 0 Å². The smallest absolute Gasteiger partial charge is 0.257 e. The van der Waals surface area contributed by atoms with Crippen molar-refractivity contribution in [2.75, 3.05) is 11.9 Å². The van der Waals surface area contributed by atoms with Gasteiger partial charge in [-0.05, 0) is 17.7 Å². The Morgan fingerprint density at radius 2 is 1.81 bits per heavy atom. The van der Waals surface area contributed by atoms with Gasteiger partial charge >= 0.3 is 0 Å². The number of amides is 1. The Bertz CT molecular complexity index is 619. The van der Waals surface area contributed by atoms with Crippen molar-refractivity contribution in [2.45, 2.75) is 6.54 Å². The average molecular weight is 354 g/mol. The van der Waals surface area contributed by atoms with E-state index in [9.17, 15) is 13.6 Å². The van der Waals surface area contributed by atoms with E-state index in [1.807, 2.05) is 30.3 Å². The van der Waals surface area contributed by atoms with E-state index in [1.54, 1.807) is 0 Å². The topological polar surface area (TPSA) is 20.3 Å². The highest BCUT2D eigenvalue weighted by Gasteiger charge is 2.19. The van der Waals surface area contributed by atoms with E-state index < -0.39 is 17.5 Å². The number of carbonyl (C=O) groups is 1. The van der Waals surface area contributed by atoms with E-state index in [4.69, 9.17) is 0 Å². The van der Waals surface area contributed by atoms with Crippen molar-refractivity contribution in [2.24, 2.45) is 0 Å². The Kier molecular flexibility index (Phi) is 5.44. The molecule has 0 N–H and O–H groups in total. The molecule has 0 aliphatic heterocycles. The molecule has 110 valence electrons. The molecule has 0 spiro atoms. The summed E-state index contributed by atoms with van der Waals surface area (Å²) in [6, 6.07) is 12.4. The summed E-state index contributed by atoms with van der Waals surface area (Å²) >= 11 is 3.29. The van der Waals surface area contributed by atoms with Gasteiger partial charge < -0.3 is 4.90 Å². The number of carbonyl (C=O) groups excluding carboxylic acids is 1. The zero-order valence-electron chi connectivity index (χ0n) is 11.2. The van der Waals surface area contributed by atoms with Crippen LogP contribution in [0, 0.1) is 11.6 Å². The maximum atomic E-state index is 13.7. The minimum atomic E-state index is -0.840. The fourth-order valence-corrected chi connectivity index (χ4v) is 2.42. The first-order valence-corrected chi connectivity index (χ1v) is 7.58. The van der Waals surface area contributed by atoms with Gasteiger partial charge in [0, 0.05) is 24.5 Å². The predicted octanol–water partition coefficient (Wildman–Crippen LogP) is 4.00. The van der Waals surface area contributed by atoms with Crippen LogP contribution in [0.2, 0.25) is 0 Å². The van der Waals surface area contributed by atoms with Crippen LogP contribution in [0.1, 0.15) is 15.9 Å². The van der Waals surface area contributed by atoms with Crippen LogP contribution in [-0.2, 0) is 6.54 Å². The lowest BCUT2D eigenvalue weighted by Crippen LogP contribution is -2.32. The molecule has 0 aromatic heterocycles. The van der Waals surface area contributed by atoms with Gasteiger partial charge in [-0.3, -0.25) is 4.79 Å². The molecule has 2 nitrogen and oxygen atoms in total. The molecule has 0 saturated carbocycles. The monoisotopic (exact) mass is 353 g/mol. The van der Waals surface area contributed by atoms with Crippen LogP contribution in [0.4, 0.5) is 8.78 Å². The molecule has 0 heterocycles. The van der Waals surface area contributed by atoms with E-state index in [2.05, 4.69) is 15.9 Å². The number of benzene rings is 2. The molecule has 2 aromatic carbocycles. The highest BCUT2D eigenvalue weighted by molar-refractivity contribution is 9.09. The first-order chi connectivity index (χ1) is 10.1. The van der Waals surface area contributed by atoms with E-state index in [0.717, 1.165) is 17.7 Å². The second-order valence-electron chi connectivity index (χ2n) is 4.53. The normalized spacial score (nSPS) is 10.4. The lowest BCUT2D eigenvalue weighted by atomic mass is 10.1. The minimum Gasteiger partial charge on any atom is -0.333 e. The quantitative estimate of drug-likeness (QED) is 0.744. The van der Waals surface area contributed by atoms with Gasteiger partial charge in [-0.2, -0.15) is 0 Å². The molecule has 1 amide bonds. The largest absolute Gasteiger partial charge is 0.333 e. The van der Waals surface area contributed by atoms with Crippen molar-refractivity contribution < 1.29 is 13.6 Å². The van der Waals surface area contributed by atoms with Crippen molar-refractivity contribution in [3.63, 3.8) is 0 Å². The summed E-state index contributed by atoms with van der Waals surface area (Å²) in [5, 5.41) is 0.578. The minimum absolute atomic E-state index is 0.117. The van der Waals surface area contributed by atoms with Gasteiger partial charge in [0.15, 0.2) is 0 Å². The van der Waals surface area contributed by atoms with Gasteiger partial charge in [-0.1, -0.05) is 46.3 Å². The Hall–Kier alpha value is -1.75. The molecule has 0 unspecified atom stereocenters. The maximum absolute atomic E-state index is 13.7. The SMILES string of the molecule is O=C(c1ccc(F)cc1F)N(CCBr)Cc1ccccc1. The summed E-state index contributed by atoms with van der Waals surface area (Å²) in [4.78, 5) is 13.9. The number of rotatable bonds is 5. The van der Waals surface area contributed by atoms with Crippen LogP contribution in [0.25, 0.3) is 0 Å². The van der Waals surface area contributed by atoms with Crippen LogP contribution in [0.5, 0.6) is 0 Å². The zero-order valence-corrected chi connectivity index (χ0v) is 12.8. The van der Waals surface area contributed by atoms with Crippen molar-refractivity contribution in [3.8, 4) is 0 Å². The third-order valence-corrected chi connectivity index (χ3v) is 3.37. The van der Waals surface area contributed by atoms with E-state index in [0.29, 0.717) is 18.4 Å². The van der Waals surface area contributed by atoms with Crippen LogP contribution in [0.3, 0.4) is 0 Å². The Morgan fingerprint density at radius 3 is 2.43 bits per heavy atom. The molecule has 0 fully saturated rings. The Balaban J connectivity index is 2.23. The molecule has 0 aliphatic rings. The summed E-state index contributed by atoms with van der Waals surface area (Å²) in [5.74, 6) is -1.98. The van der Waals surface area contributed by atoms with Crippen molar-refractivity contribution in [1.29, 1.82) is 0 Å². The van der Waals surface area contributed by atoms with E-state index in [1.165, 1.54) is 11.0 Å².